The van der Waals surface area contributed by atoms with Crippen molar-refractivity contribution < 1.29 is 18.3 Å². The molecule has 2 N–H and O–H groups in total. The molecule has 112 valence electrons. The number of hydrogen-bond donors (Lipinski definition) is 2. The zero-order valence-corrected chi connectivity index (χ0v) is 12.7. The Morgan fingerprint density at radius 3 is 2.62 bits per heavy atom. The second-order valence-corrected chi connectivity index (χ2v) is 6.41. The molecule has 0 amide bonds. The standard InChI is InChI=1S/C12H12ClN3O4S/c1-7-9(12(17)18)5-8(13)6-10(7)21(19,20)15-11-3-4-14-16(11)2/h3-6,15H,1-2H3,(H,17,18). The van der Waals surface area contributed by atoms with Crippen LogP contribution in [-0.4, -0.2) is 29.3 Å². The van der Waals surface area contributed by atoms with Crippen LogP contribution in [0.5, 0.6) is 0 Å². The van der Waals surface area contributed by atoms with Gasteiger partial charge in [0.2, 0.25) is 0 Å². The lowest BCUT2D eigenvalue weighted by Crippen LogP contribution is -2.18. The molecule has 9 heteroatoms. The highest BCUT2D eigenvalue weighted by Crippen LogP contribution is 2.26. The molecule has 0 aliphatic carbocycles. The van der Waals surface area contributed by atoms with Gasteiger partial charge in [0, 0.05) is 18.1 Å². The maximum Gasteiger partial charge on any atom is 0.336 e. The summed E-state index contributed by atoms with van der Waals surface area (Å²) in [5, 5.41) is 13.0. The third kappa shape index (κ3) is 3.01. The summed E-state index contributed by atoms with van der Waals surface area (Å²) in [6.07, 6.45) is 1.44. The number of nitrogens with one attached hydrogen (secondary N) is 1. The summed E-state index contributed by atoms with van der Waals surface area (Å²) in [5.41, 5.74) is -0.0468. The molecule has 0 bridgehead atoms. The van der Waals surface area contributed by atoms with Gasteiger partial charge in [-0.2, -0.15) is 5.10 Å². The van der Waals surface area contributed by atoms with Gasteiger partial charge in [-0.1, -0.05) is 11.6 Å². The minimum absolute atomic E-state index is 0.0309. The molecular formula is C12H12ClN3O4S. The van der Waals surface area contributed by atoms with Crippen molar-refractivity contribution in [3.63, 3.8) is 0 Å². The normalized spacial score (nSPS) is 11.4. The molecule has 7 nitrogen and oxygen atoms in total. The fourth-order valence-corrected chi connectivity index (χ4v) is 3.49. The Bertz CT molecular complexity index is 814. The Morgan fingerprint density at radius 1 is 1.43 bits per heavy atom. The van der Waals surface area contributed by atoms with Gasteiger partial charge in [-0.15, -0.1) is 0 Å². The van der Waals surface area contributed by atoms with E-state index in [9.17, 15) is 13.2 Å². The molecule has 0 saturated heterocycles. The Labute approximate surface area is 126 Å². The molecule has 0 saturated carbocycles. The van der Waals surface area contributed by atoms with E-state index in [4.69, 9.17) is 16.7 Å². The van der Waals surface area contributed by atoms with Crippen molar-refractivity contribution in [2.45, 2.75) is 11.8 Å². The zero-order valence-electron chi connectivity index (χ0n) is 11.2. The molecule has 0 aliphatic rings. The van der Waals surface area contributed by atoms with Crippen LogP contribution in [0.1, 0.15) is 15.9 Å². The van der Waals surface area contributed by atoms with Crippen molar-refractivity contribution in [3.05, 3.63) is 40.5 Å². The van der Waals surface area contributed by atoms with Crippen LogP contribution in [-0.2, 0) is 17.1 Å². The van der Waals surface area contributed by atoms with Gasteiger partial charge in [-0.05, 0) is 24.6 Å². The molecule has 0 spiro atoms. The molecule has 0 aliphatic heterocycles. The van der Waals surface area contributed by atoms with Gasteiger partial charge in [0.1, 0.15) is 5.82 Å². The van der Waals surface area contributed by atoms with Crippen LogP contribution >= 0.6 is 11.6 Å². The van der Waals surface area contributed by atoms with Crippen molar-refractivity contribution in [2.24, 2.45) is 7.05 Å². The van der Waals surface area contributed by atoms with Crippen LogP contribution in [0.4, 0.5) is 5.82 Å². The number of sulfonamides is 1. The van der Waals surface area contributed by atoms with Gasteiger partial charge in [0.05, 0.1) is 16.7 Å². The van der Waals surface area contributed by atoms with Gasteiger partial charge < -0.3 is 5.11 Å². The lowest BCUT2D eigenvalue weighted by atomic mass is 10.1. The van der Waals surface area contributed by atoms with E-state index in [1.54, 1.807) is 7.05 Å². The maximum absolute atomic E-state index is 12.4. The van der Waals surface area contributed by atoms with Crippen LogP contribution in [0.15, 0.2) is 29.3 Å². The molecule has 1 aromatic carbocycles. The predicted octanol–water partition coefficient (Wildman–Crippen LogP) is 1.88. The summed E-state index contributed by atoms with van der Waals surface area (Å²) < 4.78 is 28.5. The zero-order chi connectivity index (χ0) is 15.8. The summed E-state index contributed by atoms with van der Waals surface area (Å²) in [7, 11) is -2.40. The average molecular weight is 330 g/mol. The van der Waals surface area contributed by atoms with Gasteiger partial charge in [-0.3, -0.25) is 9.40 Å². The smallest absolute Gasteiger partial charge is 0.336 e. The van der Waals surface area contributed by atoms with Crippen LogP contribution in [0.2, 0.25) is 5.02 Å². The number of aromatic carboxylic acids is 1. The number of aryl methyl sites for hydroxylation is 1. The molecule has 1 aromatic heterocycles. The predicted molar refractivity (Wildman–Crippen MR) is 77.2 cm³/mol. The summed E-state index contributed by atoms with van der Waals surface area (Å²) in [4.78, 5) is 10.9. The first-order chi connectivity index (χ1) is 9.72. The van der Waals surface area contributed by atoms with E-state index in [-0.39, 0.29) is 26.9 Å². The SMILES string of the molecule is Cc1c(C(=O)O)cc(Cl)cc1S(=O)(=O)Nc1ccnn1C. The lowest BCUT2D eigenvalue weighted by Gasteiger charge is -2.12. The number of rotatable bonds is 4. The van der Waals surface area contributed by atoms with Crippen LogP contribution < -0.4 is 4.72 Å². The Kier molecular flexibility index (Phi) is 3.93. The number of aromatic nitrogens is 2. The maximum atomic E-state index is 12.4. The van der Waals surface area contributed by atoms with E-state index < -0.39 is 16.0 Å². The van der Waals surface area contributed by atoms with Crippen molar-refractivity contribution in [3.8, 4) is 0 Å². The Morgan fingerprint density at radius 2 is 2.10 bits per heavy atom. The van der Waals surface area contributed by atoms with Crippen LogP contribution in [0, 0.1) is 6.92 Å². The average Bonchev–Trinajstić information content (AvgIpc) is 2.76. The summed E-state index contributed by atoms with van der Waals surface area (Å²) in [6.45, 7) is 1.41. The third-order valence-corrected chi connectivity index (χ3v) is 4.60. The van der Waals surface area contributed by atoms with E-state index in [1.165, 1.54) is 36.0 Å². The summed E-state index contributed by atoms with van der Waals surface area (Å²) >= 11 is 5.81. The minimum Gasteiger partial charge on any atom is -0.478 e. The number of halogens is 1. The van der Waals surface area contributed by atoms with Gasteiger partial charge in [0.15, 0.2) is 0 Å². The van der Waals surface area contributed by atoms with Crippen molar-refractivity contribution in [1.29, 1.82) is 0 Å². The van der Waals surface area contributed by atoms with Crippen LogP contribution in [0.25, 0.3) is 0 Å². The second-order valence-electron chi connectivity index (χ2n) is 4.33. The first-order valence-corrected chi connectivity index (χ1v) is 7.63. The van der Waals surface area contributed by atoms with Gasteiger partial charge >= 0.3 is 5.97 Å². The highest BCUT2D eigenvalue weighted by molar-refractivity contribution is 7.92. The molecule has 21 heavy (non-hydrogen) atoms. The van der Waals surface area contributed by atoms with E-state index >= 15 is 0 Å². The van der Waals surface area contributed by atoms with Gasteiger partial charge in [-0.25, -0.2) is 13.2 Å². The van der Waals surface area contributed by atoms with Crippen molar-refractivity contribution in [1.82, 2.24) is 9.78 Å². The number of carboxylic acid groups (broad SMARTS) is 1. The molecule has 1 heterocycles. The molecule has 2 aromatic rings. The first kappa shape index (κ1) is 15.3. The van der Waals surface area contributed by atoms with E-state index in [2.05, 4.69) is 9.82 Å². The van der Waals surface area contributed by atoms with Crippen LogP contribution in [0.3, 0.4) is 0 Å². The van der Waals surface area contributed by atoms with Crippen molar-refractivity contribution in [2.75, 3.05) is 4.72 Å². The Balaban J connectivity index is 2.55. The number of hydrogen-bond acceptors (Lipinski definition) is 4. The van der Waals surface area contributed by atoms with Crippen molar-refractivity contribution >= 4 is 33.4 Å². The minimum atomic E-state index is -3.97. The van der Waals surface area contributed by atoms with E-state index in [1.807, 2.05) is 0 Å². The molecular weight excluding hydrogens is 318 g/mol. The van der Waals surface area contributed by atoms with Gasteiger partial charge in [0.25, 0.3) is 10.0 Å². The monoisotopic (exact) mass is 329 g/mol. The number of carboxylic acids is 1. The lowest BCUT2D eigenvalue weighted by molar-refractivity contribution is 0.0696. The molecule has 0 fully saturated rings. The highest BCUT2D eigenvalue weighted by Gasteiger charge is 2.23. The molecule has 0 atom stereocenters. The number of anilines is 1. The third-order valence-electron chi connectivity index (χ3n) is 2.90. The topological polar surface area (TPSA) is 101 Å². The van der Waals surface area contributed by atoms with E-state index in [0.717, 1.165) is 0 Å². The first-order valence-electron chi connectivity index (χ1n) is 5.76. The number of benzene rings is 1. The fourth-order valence-electron chi connectivity index (χ4n) is 1.82. The number of carbonyl (C=O) groups is 1. The molecule has 2 rings (SSSR count). The molecule has 0 unspecified atom stereocenters. The Hall–Kier alpha value is -2.06. The number of nitrogens with zero attached hydrogens (tertiary/aromatic N) is 2. The largest absolute Gasteiger partial charge is 0.478 e. The fraction of sp³-hybridized carbons (Fsp3) is 0.167. The second kappa shape index (κ2) is 5.38. The summed E-state index contributed by atoms with van der Waals surface area (Å²) in [6, 6.07) is 3.90. The quantitative estimate of drug-likeness (QED) is 0.891. The van der Waals surface area contributed by atoms with E-state index in [0.29, 0.717) is 0 Å². The molecule has 0 radical (unpaired) electrons. The highest BCUT2D eigenvalue weighted by atomic mass is 35.5. The summed E-state index contributed by atoms with van der Waals surface area (Å²) in [5.74, 6) is -0.988.